The molecule has 16 heavy (non-hydrogen) atoms. The molecule has 0 spiro atoms. The highest BCUT2D eigenvalue weighted by Gasteiger charge is 2.48. The van der Waals surface area contributed by atoms with Crippen LogP contribution in [0, 0.1) is 29.6 Å². The van der Waals surface area contributed by atoms with Crippen LogP contribution in [-0.2, 0) is 0 Å². The first kappa shape index (κ1) is 11.1. The number of aliphatic hydroxyl groups excluding tert-OH is 1. The largest absolute Gasteiger partial charge is 0.393 e. The number of hydrogen-bond donors (Lipinski definition) is 1. The summed E-state index contributed by atoms with van der Waals surface area (Å²) in [5.74, 6) is 3.90. The van der Waals surface area contributed by atoms with Gasteiger partial charge < -0.3 is 5.11 Å². The van der Waals surface area contributed by atoms with Gasteiger partial charge >= 0.3 is 0 Å². The molecule has 3 rings (SSSR count). The van der Waals surface area contributed by atoms with Crippen LogP contribution in [0.5, 0.6) is 0 Å². The molecule has 3 aliphatic carbocycles. The molecule has 1 N–H and O–H groups in total. The number of rotatable bonds is 0. The zero-order chi connectivity index (χ0) is 11.1. The van der Waals surface area contributed by atoms with E-state index in [0.717, 1.165) is 17.8 Å². The van der Waals surface area contributed by atoms with Crippen LogP contribution >= 0.6 is 0 Å². The summed E-state index contributed by atoms with van der Waals surface area (Å²) in [6.07, 6.45) is 11.0. The Kier molecular flexibility index (Phi) is 2.99. The molecule has 1 heteroatoms. The first-order valence-corrected chi connectivity index (χ1v) is 7.47. The van der Waals surface area contributed by atoms with Crippen LogP contribution in [-0.4, -0.2) is 11.2 Å². The van der Waals surface area contributed by atoms with Crippen LogP contribution in [0.4, 0.5) is 0 Å². The zero-order valence-corrected chi connectivity index (χ0v) is 10.6. The van der Waals surface area contributed by atoms with Crippen molar-refractivity contribution in [3.8, 4) is 0 Å². The second kappa shape index (κ2) is 4.33. The van der Waals surface area contributed by atoms with Gasteiger partial charge in [-0.1, -0.05) is 32.6 Å². The van der Waals surface area contributed by atoms with Crippen molar-refractivity contribution in [3.63, 3.8) is 0 Å². The highest BCUT2D eigenvalue weighted by Crippen LogP contribution is 2.52. The zero-order valence-electron chi connectivity index (χ0n) is 10.6. The van der Waals surface area contributed by atoms with E-state index in [1.165, 1.54) is 51.4 Å². The molecule has 0 saturated heterocycles. The molecule has 0 aromatic rings. The molecule has 0 heterocycles. The summed E-state index contributed by atoms with van der Waals surface area (Å²) >= 11 is 0. The lowest BCUT2D eigenvalue weighted by Crippen LogP contribution is -2.50. The van der Waals surface area contributed by atoms with Gasteiger partial charge in [0.15, 0.2) is 0 Å². The summed E-state index contributed by atoms with van der Waals surface area (Å²) < 4.78 is 0. The highest BCUT2D eigenvalue weighted by atomic mass is 16.3. The first-order valence-electron chi connectivity index (χ1n) is 7.47. The molecule has 3 fully saturated rings. The second-order valence-electron chi connectivity index (χ2n) is 6.57. The van der Waals surface area contributed by atoms with Gasteiger partial charge in [-0.15, -0.1) is 0 Å². The summed E-state index contributed by atoms with van der Waals surface area (Å²) in [4.78, 5) is 0. The molecule has 0 aliphatic heterocycles. The van der Waals surface area contributed by atoms with Crippen molar-refractivity contribution in [2.24, 2.45) is 29.6 Å². The maximum absolute atomic E-state index is 10.6. The predicted molar refractivity (Wildman–Crippen MR) is 66.1 cm³/mol. The van der Waals surface area contributed by atoms with Crippen molar-refractivity contribution in [2.45, 2.75) is 64.4 Å². The Bertz CT molecular complexity index is 200. The van der Waals surface area contributed by atoms with Crippen LogP contribution in [0.25, 0.3) is 0 Å². The maximum atomic E-state index is 10.6. The van der Waals surface area contributed by atoms with Gasteiger partial charge in [-0.2, -0.15) is 0 Å². The fourth-order valence-corrected chi connectivity index (χ4v) is 5.17. The van der Waals surface area contributed by atoms with Crippen molar-refractivity contribution in [2.75, 3.05) is 0 Å². The molecule has 0 aromatic carbocycles. The van der Waals surface area contributed by atoms with Gasteiger partial charge in [0.1, 0.15) is 0 Å². The molecular formula is C15H26O. The van der Waals surface area contributed by atoms with Gasteiger partial charge in [-0.25, -0.2) is 0 Å². The van der Waals surface area contributed by atoms with E-state index in [1.807, 2.05) is 0 Å². The van der Waals surface area contributed by atoms with E-state index < -0.39 is 0 Å². The van der Waals surface area contributed by atoms with Crippen molar-refractivity contribution in [1.82, 2.24) is 0 Å². The summed E-state index contributed by atoms with van der Waals surface area (Å²) in [7, 11) is 0. The van der Waals surface area contributed by atoms with Crippen LogP contribution in [0.1, 0.15) is 58.3 Å². The molecular weight excluding hydrogens is 196 g/mol. The number of hydrogen-bond acceptors (Lipinski definition) is 1. The van der Waals surface area contributed by atoms with E-state index in [1.54, 1.807) is 0 Å². The monoisotopic (exact) mass is 222 g/mol. The quantitative estimate of drug-likeness (QED) is 0.664. The minimum Gasteiger partial charge on any atom is -0.393 e. The lowest BCUT2D eigenvalue weighted by atomic mass is 9.54. The van der Waals surface area contributed by atoms with Crippen LogP contribution < -0.4 is 0 Å². The molecule has 4 unspecified atom stereocenters. The van der Waals surface area contributed by atoms with Gasteiger partial charge in [0.25, 0.3) is 0 Å². The Labute approximate surface area is 99.6 Å². The van der Waals surface area contributed by atoms with E-state index in [2.05, 4.69) is 6.92 Å². The highest BCUT2D eigenvalue weighted by molar-refractivity contribution is 4.98. The molecule has 3 saturated carbocycles. The molecule has 0 radical (unpaired) electrons. The van der Waals surface area contributed by atoms with E-state index in [9.17, 15) is 5.11 Å². The molecule has 0 bridgehead atoms. The van der Waals surface area contributed by atoms with Gasteiger partial charge in [0, 0.05) is 0 Å². The topological polar surface area (TPSA) is 20.2 Å². The van der Waals surface area contributed by atoms with Crippen molar-refractivity contribution in [3.05, 3.63) is 0 Å². The first-order chi connectivity index (χ1) is 7.79. The Morgan fingerprint density at radius 3 is 1.50 bits per heavy atom. The van der Waals surface area contributed by atoms with Crippen molar-refractivity contribution in [1.29, 1.82) is 0 Å². The van der Waals surface area contributed by atoms with Crippen molar-refractivity contribution < 1.29 is 5.11 Å². The minimum absolute atomic E-state index is 0.0480. The summed E-state index contributed by atoms with van der Waals surface area (Å²) in [5, 5.41) is 10.6. The SMILES string of the molecule is CC1C2CCCCC2C(O)C2CCCCC12. The average molecular weight is 222 g/mol. The normalized spacial score (nSPS) is 52.9. The molecule has 0 amide bonds. The Morgan fingerprint density at radius 2 is 1.06 bits per heavy atom. The third-order valence-corrected chi connectivity index (χ3v) is 5.98. The van der Waals surface area contributed by atoms with Gasteiger partial charge in [-0.3, -0.25) is 0 Å². The molecule has 0 aromatic heterocycles. The summed E-state index contributed by atoms with van der Waals surface area (Å²) in [5.41, 5.74) is 0. The van der Waals surface area contributed by atoms with E-state index in [0.29, 0.717) is 11.8 Å². The lowest BCUT2D eigenvalue weighted by Gasteiger charge is -2.53. The average Bonchev–Trinajstić information content (AvgIpc) is 2.36. The Morgan fingerprint density at radius 1 is 0.688 bits per heavy atom. The third-order valence-electron chi connectivity index (χ3n) is 5.98. The standard InChI is InChI=1S/C15H26O/c1-10-11-6-2-4-8-13(11)15(16)14-9-5-3-7-12(10)14/h10-16H,2-9H2,1H3. The Hall–Kier alpha value is -0.0400. The van der Waals surface area contributed by atoms with Crippen LogP contribution in [0.2, 0.25) is 0 Å². The second-order valence-corrected chi connectivity index (χ2v) is 6.57. The Balaban J connectivity index is 1.83. The predicted octanol–water partition coefficient (Wildman–Crippen LogP) is 3.61. The fourth-order valence-electron chi connectivity index (χ4n) is 5.17. The summed E-state index contributed by atoms with van der Waals surface area (Å²) in [6.45, 7) is 2.48. The number of aliphatic hydroxyl groups is 1. The number of fused-ring (bicyclic) bond motifs is 2. The van der Waals surface area contributed by atoms with E-state index in [-0.39, 0.29) is 6.10 Å². The van der Waals surface area contributed by atoms with E-state index >= 15 is 0 Å². The van der Waals surface area contributed by atoms with Gasteiger partial charge in [0.2, 0.25) is 0 Å². The molecule has 3 aliphatic rings. The summed E-state index contributed by atoms with van der Waals surface area (Å²) in [6, 6.07) is 0. The van der Waals surface area contributed by atoms with Gasteiger partial charge in [0.05, 0.1) is 6.10 Å². The smallest absolute Gasteiger partial charge is 0.0602 e. The molecule has 1 nitrogen and oxygen atoms in total. The molecule has 4 atom stereocenters. The fraction of sp³-hybridized carbons (Fsp3) is 1.00. The van der Waals surface area contributed by atoms with Gasteiger partial charge in [-0.05, 0) is 55.3 Å². The molecule has 92 valence electrons. The van der Waals surface area contributed by atoms with E-state index in [4.69, 9.17) is 0 Å². The maximum Gasteiger partial charge on any atom is 0.0602 e. The third kappa shape index (κ3) is 1.63. The van der Waals surface area contributed by atoms with Crippen molar-refractivity contribution >= 4 is 0 Å². The minimum atomic E-state index is 0.0480. The van der Waals surface area contributed by atoms with Crippen LogP contribution in [0.3, 0.4) is 0 Å². The van der Waals surface area contributed by atoms with Crippen LogP contribution in [0.15, 0.2) is 0 Å². The lowest BCUT2D eigenvalue weighted by molar-refractivity contribution is -0.105.